The van der Waals surface area contributed by atoms with Crippen LogP contribution in [0, 0.1) is 5.82 Å². The third-order valence-corrected chi connectivity index (χ3v) is 2.43. The van der Waals surface area contributed by atoms with Gasteiger partial charge in [-0.2, -0.15) is 0 Å². The largest absolute Gasteiger partial charge is 0.508 e. The molecule has 5 heteroatoms. The summed E-state index contributed by atoms with van der Waals surface area (Å²) in [5.74, 6) is -2.43. The highest BCUT2D eigenvalue weighted by molar-refractivity contribution is 6.12. The number of carbonyl (C=O) groups excluding carboxylic acids is 1. The normalized spacial score (nSPS) is 10.3. The van der Waals surface area contributed by atoms with Crippen LogP contribution in [0.4, 0.5) is 4.39 Å². The SMILES string of the molecule is O=C(c1ccc(O)cc1O)c1cc(F)ccc1O. The van der Waals surface area contributed by atoms with Gasteiger partial charge >= 0.3 is 0 Å². The molecular weight excluding hydrogens is 239 g/mol. The molecule has 92 valence electrons. The topological polar surface area (TPSA) is 77.8 Å². The molecular formula is C13H9FO4. The predicted molar refractivity (Wildman–Crippen MR) is 61.3 cm³/mol. The van der Waals surface area contributed by atoms with Gasteiger partial charge in [0.1, 0.15) is 23.1 Å². The molecule has 0 amide bonds. The van der Waals surface area contributed by atoms with Crippen LogP contribution in [0.3, 0.4) is 0 Å². The summed E-state index contributed by atoms with van der Waals surface area (Å²) in [5, 5.41) is 28.1. The van der Waals surface area contributed by atoms with E-state index in [1.165, 1.54) is 12.1 Å². The van der Waals surface area contributed by atoms with Crippen molar-refractivity contribution in [2.75, 3.05) is 0 Å². The number of phenolic OH excluding ortho intramolecular Hbond substituents is 3. The summed E-state index contributed by atoms with van der Waals surface area (Å²) in [6.07, 6.45) is 0. The van der Waals surface area contributed by atoms with Gasteiger partial charge in [0.15, 0.2) is 0 Å². The van der Waals surface area contributed by atoms with Gasteiger partial charge in [0.05, 0.1) is 11.1 Å². The molecule has 2 aromatic rings. The number of carbonyl (C=O) groups is 1. The molecule has 0 saturated carbocycles. The lowest BCUT2D eigenvalue weighted by Crippen LogP contribution is -2.02. The number of ketones is 1. The lowest BCUT2D eigenvalue weighted by molar-refractivity contribution is 0.103. The standard InChI is InChI=1S/C13H9FO4/c14-7-1-4-11(16)10(5-7)13(18)9-3-2-8(15)6-12(9)17/h1-6,15-17H. The summed E-state index contributed by atoms with van der Waals surface area (Å²) in [5.41, 5.74) is -0.385. The van der Waals surface area contributed by atoms with Gasteiger partial charge in [-0.05, 0) is 30.3 Å². The maximum Gasteiger partial charge on any atom is 0.200 e. The number of halogens is 1. The molecule has 0 saturated heterocycles. The zero-order chi connectivity index (χ0) is 13.3. The molecule has 0 fully saturated rings. The fraction of sp³-hybridized carbons (Fsp3) is 0. The molecule has 2 rings (SSSR count). The molecule has 18 heavy (non-hydrogen) atoms. The number of benzene rings is 2. The summed E-state index contributed by atoms with van der Waals surface area (Å²) in [6, 6.07) is 6.34. The van der Waals surface area contributed by atoms with Crippen molar-refractivity contribution in [1.29, 1.82) is 0 Å². The van der Waals surface area contributed by atoms with Crippen molar-refractivity contribution in [2.45, 2.75) is 0 Å². The quantitative estimate of drug-likeness (QED) is 0.712. The van der Waals surface area contributed by atoms with Gasteiger partial charge in [0.2, 0.25) is 5.78 Å². The Morgan fingerprint density at radius 2 is 1.61 bits per heavy atom. The first-order valence-electron chi connectivity index (χ1n) is 5.04. The fourth-order valence-electron chi connectivity index (χ4n) is 1.55. The van der Waals surface area contributed by atoms with Gasteiger partial charge in [-0.1, -0.05) is 0 Å². The van der Waals surface area contributed by atoms with Gasteiger partial charge in [0.25, 0.3) is 0 Å². The van der Waals surface area contributed by atoms with Gasteiger partial charge in [-0.15, -0.1) is 0 Å². The summed E-state index contributed by atoms with van der Waals surface area (Å²) >= 11 is 0. The van der Waals surface area contributed by atoms with E-state index in [-0.39, 0.29) is 22.6 Å². The van der Waals surface area contributed by atoms with E-state index in [1.807, 2.05) is 0 Å². The Bertz CT molecular complexity index is 622. The van der Waals surface area contributed by atoms with Gasteiger partial charge in [-0.25, -0.2) is 4.39 Å². The van der Waals surface area contributed by atoms with E-state index in [0.29, 0.717) is 0 Å². The minimum Gasteiger partial charge on any atom is -0.508 e. The highest BCUT2D eigenvalue weighted by atomic mass is 19.1. The lowest BCUT2D eigenvalue weighted by Gasteiger charge is -2.06. The van der Waals surface area contributed by atoms with E-state index in [9.17, 15) is 19.4 Å². The second-order valence-corrected chi connectivity index (χ2v) is 3.69. The van der Waals surface area contributed by atoms with Crippen LogP contribution in [0.1, 0.15) is 15.9 Å². The molecule has 0 bridgehead atoms. The molecule has 0 aromatic heterocycles. The zero-order valence-corrected chi connectivity index (χ0v) is 9.09. The van der Waals surface area contributed by atoms with Gasteiger partial charge in [0, 0.05) is 6.07 Å². The minimum atomic E-state index is -0.732. The second-order valence-electron chi connectivity index (χ2n) is 3.69. The molecule has 0 aliphatic rings. The van der Waals surface area contributed by atoms with Crippen molar-refractivity contribution in [3.63, 3.8) is 0 Å². The molecule has 0 unspecified atom stereocenters. The van der Waals surface area contributed by atoms with Crippen molar-refractivity contribution in [2.24, 2.45) is 0 Å². The second kappa shape index (κ2) is 4.37. The van der Waals surface area contributed by atoms with Crippen LogP contribution < -0.4 is 0 Å². The molecule has 2 aromatic carbocycles. The Balaban J connectivity index is 2.51. The highest BCUT2D eigenvalue weighted by Crippen LogP contribution is 2.28. The van der Waals surface area contributed by atoms with E-state index >= 15 is 0 Å². The number of rotatable bonds is 2. The predicted octanol–water partition coefficient (Wildman–Crippen LogP) is 2.17. The fourth-order valence-corrected chi connectivity index (χ4v) is 1.55. The first-order chi connectivity index (χ1) is 8.49. The molecule has 0 radical (unpaired) electrons. The number of hydrogen-bond acceptors (Lipinski definition) is 4. The van der Waals surface area contributed by atoms with Crippen molar-refractivity contribution in [3.8, 4) is 17.2 Å². The van der Waals surface area contributed by atoms with E-state index in [2.05, 4.69) is 0 Å². The number of hydrogen-bond donors (Lipinski definition) is 3. The van der Waals surface area contributed by atoms with Crippen LogP contribution in [-0.4, -0.2) is 21.1 Å². The average molecular weight is 248 g/mol. The first-order valence-corrected chi connectivity index (χ1v) is 5.04. The van der Waals surface area contributed by atoms with Crippen molar-refractivity contribution in [1.82, 2.24) is 0 Å². The Morgan fingerprint density at radius 3 is 2.28 bits per heavy atom. The Kier molecular flexibility index (Phi) is 2.89. The van der Waals surface area contributed by atoms with Crippen LogP contribution in [-0.2, 0) is 0 Å². The summed E-state index contributed by atoms with van der Waals surface area (Å²) in [7, 11) is 0. The smallest absolute Gasteiger partial charge is 0.200 e. The van der Waals surface area contributed by atoms with Crippen LogP contribution >= 0.6 is 0 Å². The Hall–Kier alpha value is -2.56. The Morgan fingerprint density at radius 1 is 0.889 bits per heavy atom. The van der Waals surface area contributed by atoms with Crippen LogP contribution in [0.25, 0.3) is 0 Å². The van der Waals surface area contributed by atoms with Gasteiger partial charge in [-0.3, -0.25) is 4.79 Å². The van der Waals surface area contributed by atoms with E-state index in [0.717, 1.165) is 24.3 Å². The van der Waals surface area contributed by atoms with Crippen LogP contribution in [0.2, 0.25) is 0 Å². The monoisotopic (exact) mass is 248 g/mol. The summed E-state index contributed by atoms with van der Waals surface area (Å²) in [6.45, 7) is 0. The average Bonchev–Trinajstić information content (AvgIpc) is 2.31. The molecule has 4 nitrogen and oxygen atoms in total. The van der Waals surface area contributed by atoms with Gasteiger partial charge < -0.3 is 15.3 Å². The summed E-state index contributed by atoms with van der Waals surface area (Å²) < 4.78 is 13.0. The molecule has 0 aliphatic carbocycles. The number of aromatic hydroxyl groups is 3. The lowest BCUT2D eigenvalue weighted by atomic mass is 10.0. The summed E-state index contributed by atoms with van der Waals surface area (Å²) in [4.78, 5) is 12.0. The van der Waals surface area contributed by atoms with Crippen LogP contribution in [0.5, 0.6) is 17.2 Å². The Labute approximate surface area is 102 Å². The molecule has 0 heterocycles. The third kappa shape index (κ3) is 2.10. The van der Waals surface area contributed by atoms with Crippen molar-refractivity contribution < 1.29 is 24.5 Å². The van der Waals surface area contributed by atoms with Crippen molar-refractivity contribution in [3.05, 3.63) is 53.3 Å². The molecule has 3 N–H and O–H groups in total. The number of phenols is 3. The van der Waals surface area contributed by atoms with E-state index in [1.54, 1.807) is 0 Å². The third-order valence-electron chi connectivity index (χ3n) is 2.43. The molecule has 0 spiro atoms. The molecule has 0 atom stereocenters. The first kappa shape index (κ1) is 11.9. The maximum atomic E-state index is 13.0. The highest BCUT2D eigenvalue weighted by Gasteiger charge is 2.18. The van der Waals surface area contributed by atoms with E-state index < -0.39 is 17.3 Å². The zero-order valence-electron chi connectivity index (χ0n) is 9.09. The minimum absolute atomic E-state index is 0.131. The maximum absolute atomic E-state index is 13.0. The van der Waals surface area contributed by atoms with Crippen LogP contribution in [0.15, 0.2) is 36.4 Å². The van der Waals surface area contributed by atoms with E-state index in [4.69, 9.17) is 5.11 Å². The molecule has 0 aliphatic heterocycles. The van der Waals surface area contributed by atoms with Crippen molar-refractivity contribution >= 4 is 5.78 Å².